The van der Waals surface area contributed by atoms with Crippen molar-refractivity contribution in [3.05, 3.63) is 38.3 Å². The second-order valence-electron chi connectivity index (χ2n) is 9.87. The first-order valence-electron chi connectivity index (χ1n) is 11.1. The van der Waals surface area contributed by atoms with Crippen molar-refractivity contribution in [2.75, 3.05) is 26.0 Å². The first-order valence-corrected chi connectivity index (χ1v) is 11.1. The van der Waals surface area contributed by atoms with Crippen LogP contribution in [0.5, 0.6) is 5.75 Å². The van der Waals surface area contributed by atoms with Crippen molar-refractivity contribution < 1.29 is 23.8 Å². The molecule has 2 unspecified atom stereocenters. The van der Waals surface area contributed by atoms with Gasteiger partial charge in [0.05, 0.1) is 24.1 Å². The van der Waals surface area contributed by atoms with E-state index >= 15 is 4.39 Å². The minimum Gasteiger partial charge on any atom is -0.494 e. The highest BCUT2D eigenvalue weighted by Crippen LogP contribution is 2.43. The van der Waals surface area contributed by atoms with Gasteiger partial charge >= 0.3 is 11.8 Å². The van der Waals surface area contributed by atoms with Crippen molar-refractivity contribution in [3.63, 3.8) is 0 Å². The summed E-state index contributed by atoms with van der Waals surface area (Å²) in [6, 6.07) is -0.571. The minimum absolute atomic E-state index is 0.0634. The number of alkyl carbamates (subject to hydrolysis) is 1. The first kappa shape index (κ1) is 24.0. The number of nitrogens with one attached hydrogen (secondary N) is 2. The number of nitrogen functional groups attached to an aromatic ring is 1. The molecule has 0 bridgehead atoms. The summed E-state index contributed by atoms with van der Waals surface area (Å²) in [4.78, 5) is 38.3. The van der Waals surface area contributed by atoms with Gasteiger partial charge in [-0.2, -0.15) is 4.68 Å². The Morgan fingerprint density at radius 3 is 2.59 bits per heavy atom. The molecule has 1 amide bonds. The molecule has 2 fully saturated rings. The summed E-state index contributed by atoms with van der Waals surface area (Å²) in [6.45, 7) is 5.53. The summed E-state index contributed by atoms with van der Waals surface area (Å²) >= 11 is 0. The number of benzene rings is 1. The van der Waals surface area contributed by atoms with E-state index in [9.17, 15) is 19.5 Å². The zero-order chi connectivity index (χ0) is 25.0. The Hall–Kier alpha value is -3.12. The van der Waals surface area contributed by atoms with Gasteiger partial charge in [-0.1, -0.05) is 0 Å². The van der Waals surface area contributed by atoms with Crippen LogP contribution < -0.4 is 32.5 Å². The van der Waals surface area contributed by atoms with Crippen molar-refractivity contribution >= 4 is 17.0 Å². The van der Waals surface area contributed by atoms with Crippen molar-refractivity contribution in [2.24, 2.45) is 0 Å². The molecule has 0 radical (unpaired) electrons. The zero-order valence-electron chi connectivity index (χ0n) is 19.6. The molecule has 5 N–H and O–H groups in total. The molecule has 2 atom stereocenters. The number of halogens is 1. The van der Waals surface area contributed by atoms with Gasteiger partial charge in [-0.3, -0.25) is 9.36 Å². The van der Waals surface area contributed by atoms with Crippen LogP contribution in [0.4, 0.5) is 9.18 Å². The lowest BCUT2D eigenvalue weighted by atomic mass is 9.86. The Kier molecular flexibility index (Phi) is 5.85. The van der Waals surface area contributed by atoms with Crippen LogP contribution in [0.15, 0.2) is 15.7 Å². The van der Waals surface area contributed by atoms with E-state index in [0.29, 0.717) is 24.1 Å². The fourth-order valence-corrected chi connectivity index (χ4v) is 4.45. The summed E-state index contributed by atoms with van der Waals surface area (Å²) in [5.74, 6) is 4.66. The van der Waals surface area contributed by atoms with E-state index in [1.54, 1.807) is 20.8 Å². The number of ether oxygens (including phenoxy) is 2. The number of aliphatic hydroxyl groups is 1. The highest BCUT2D eigenvalue weighted by Gasteiger charge is 2.45. The largest absolute Gasteiger partial charge is 0.494 e. The van der Waals surface area contributed by atoms with Crippen molar-refractivity contribution in [1.29, 1.82) is 0 Å². The molecule has 0 spiro atoms. The number of carbonyl (C=O) groups is 1. The van der Waals surface area contributed by atoms with E-state index in [2.05, 4.69) is 10.6 Å². The number of amides is 1. The number of β-amino-alcohol motifs (C(OH)–C–C–N with tert-alkyl or cyclic N) is 1. The topological polar surface area (TPSA) is 150 Å². The number of hydrogen-bond donors (Lipinski definition) is 4. The summed E-state index contributed by atoms with van der Waals surface area (Å²) in [5.41, 5.74) is -4.17. The lowest BCUT2D eigenvalue weighted by Crippen LogP contribution is -2.49. The molecule has 34 heavy (non-hydrogen) atoms. The van der Waals surface area contributed by atoms with Gasteiger partial charge in [0.15, 0.2) is 5.75 Å². The average Bonchev–Trinajstić information content (AvgIpc) is 3.48. The van der Waals surface area contributed by atoms with Crippen LogP contribution in [0, 0.1) is 5.82 Å². The van der Waals surface area contributed by atoms with Gasteiger partial charge in [-0.05, 0) is 52.6 Å². The van der Waals surface area contributed by atoms with Crippen molar-refractivity contribution in [3.8, 4) is 5.75 Å². The number of nitrogens with zero attached hydrogens (tertiary/aromatic N) is 2. The zero-order valence-corrected chi connectivity index (χ0v) is 19.6. The number of methoxy groups -OCH3 is 1. The SMILES string of the molecule is COc1c(C(NC(=O)OC(C)(C)C)C2(O)CCNC2)c(F)cc2c(=O)n(N)c(=O)n(C3CC3)c12. The number of fused-ring (bicyclic) bond motifs is 1. The highest BCUT2D eigenvalue weighted by atomic mass is 19.1. The predicted octanol–water partition coefficient (Wildman–Crippen LogP) is 0.650. The standard InChI is InChI=1S/C22H30FN5O6/c1-21(2,3)34-19(30)26-17(22(32)7-8-25-10-22)14-13(23)9-12-15(16(14)33-4)27(11-5-6-11)20(31)28(24)18(12)29/h9,11,17,25,32H,5-8,10,24H2,1-4H3,(H,26,30). The van der Waals surface area contributed by atoms with Gasteiger partial charge in [-0.15, -0.1) is 0 Å². The Bertz CT molecular complexity index is 1250. The van der Waals surface area contributed by atoms with Crippen LogP contribution >= 0.6 is 0 Å². The molecule has 2 heterocycles. The van der Waals surface area contributed by atoms with Crippen LogP contribution in [0.3, 0.4) is 0 Å². The molecule has 4 rings (SSSR count). The van der Waals surface area contributed by atoms with Gasteiger partial charge in [0.2, 0.25) is 0 Å². The first-order chi connectivity index (χ1) is 15.9. The van der Waals surface area contributed by atoms with Gasteiger partial charge < -0.3 is 31.1 Å². The number of rotatable bonds is 5. The third kappa shape index (κ3) is 4.11. The van der Waals surface area contributed by atoms with E-state index in [0.717, 1.165) is 6.07 Å². The Morgan fingerprint density at radius 2 is 2.06 bits per heavy atom. The third-order valence-corrected chi connectivity index (χ3v) is 6.11. The number of nitrogens with two attached hydrogens (primary N) is 1. The molecular weight excluding hydrogens is 449 g/mol. The molecular formula is C22H30FN5O6. The molecule has 2 aromatic rings. The second kappa shape index (κ2) is 8.27. The maximum absolute atomic E-state index is 15.7. The van der Waals surface area contributed by atoms with Crippen LogP contribution in [0.1, 0.15) is 57.7 Å². The van der Waals surface area contributed by atoms with Crippen LogP contribution in [-0.2, 0) is 4.74 Å². The molecule has 186 valence electrons. The Morgan fingerprint density at radius 1 is 1.38 bits per heavy atom. The summed E-state index contributed by atoms with van der Waals surface area (Å²) in [6.07, 6.45) is 0.692. The third-order valence-electron chi connectivity index (χ3n) is 6.11. The van der Waals surface area contributed by atoms with E-state index in [1.807, 2.05) is 0 Å². The lowest BCUT2D eigenvalue weighted by molar-refractivity contribution is 0.00432. The molecule has 1 saturated heterocycles. The quantitative estimate of drug-likeness (QED) is 0.457. The fourth-order valence-electron chi connectivity index (χ4n) is 4.45. The smallest absolute Gasteiger partial charge is 0.408 e. The minimum atomic E-state index is -1.59. The molecule has 12 heteroatoms. The van der Waals surface area contributed by atoms with E-state index in [-0.39, 0.29) is 41.2 Å². The Labute approximate surface area is 194 Å². The molecule has 11 nitrogen and oxygen atoms in total. The van der Waals surface area contributed by atoms with Crippen LogP contribution in [0.25, 0.3) is 10.9 Å². The Balaban J connectivity index is 1.99. The molecule has 1 saturated carbocycles. The average molecular weight is 480 g/mol. The van der Waals surface area contributed by atoms with E-state index in [4.69, 9.17) is 15.3 Å². The van der Waals surface area contributed by atoms with E-state index in [1.165, 1.54) is 11.7 Å². The molecule has 1 aliphatic carbocycles. The maximum Gasteiger partial charge on any atom is 0.408 e. The van der Waals surface area contributed by atoms with Gasteiger partial charge in [0.25, 0.3) is 5.56 Å². The highest BCUT2D eigenvalue weighted by molar-refractivity contribution is 5.87. The summed E-state index contributed by atoms with van der Waals surface area (Å²) in [7, 11) is 1.27. The number of aromatic nitrogens is 2. The van der Waals surface area contributed by atoms with E-state index < -0.39 is 40.4 Å². The lowest BCUT2D eigenvalue weighted by Gasteiger charge is -2.35. The summed E-state index contributed by atoms with van der Waals surface area (Å²) < 4.78 is 28.4. The second-order valence-corrected chi connectivity index (χ2v) is 9.87. The number of hydrogen-bond acceptors (Lipinski definition) is 8. The van der Waals surface area contributed by atoms with Gasteiger partial charge in [0, 0.05) is 12.6 Å². The van der Waals surface area contributed by atoms with Gasteiger partial charge in [0.1, 0.15) is 22.5 Å². The molecule has 1 aromatic carbocycles. The fraction of sp³-hybridized carbons (Fsp3) is 0.591. The number of carbonyl (C=O) groups excluding carboxylic acids is 1. The van der Waals surface area contributed by atoms with Crippen LogP contribution in [-0.4, -0.2) is 51.8 Å². The van der Waals surface area contributed by atoms with Crippen molar-refractivity contribution in [1.82, 2.24) is 19.9 Å². The van der Waals surface area contributed by atoms with Gasteiger partial charge in [-0.25, -0.2) is 14.0 Å². The molecule has 2 aliphatic rings. The molecule has 1 aliphatic heterocycles. The maximum atomic E-state index is 15.7. The summed E-state index contributed by atoms with van der Waals surface area (Å²) in [5, 5.41) is 16.9. The monoisotopic (exact) mass is 479 g/mol. The predicted molar refractivity (Wildman–Crippen MR) is 122 cm³/mol. The van der Waals surface area contributed by atoms with Crippen molar-refractivity contribution in [2.45, 2.75) is 63.3 Å². The normalized spacial score (nSPS) is 21.5. The van der Waals surface area contributed by atoms with Crippen LogP contribution in [0.2, 0.25) is 0 Å². The molecule has 1 aromatic heterocycles.